The Morgan fingerprint density at radius 1 is 1.42 bits per heavy atom. The van der Waals surface area contributed by atoms with Crippen LogP contribution in [0, 0.1) is 6.92 Å². The molecule has 0 aliphatic heterocycles. The number of thiazole rings is 2. The molecule has 0 atom stereocenters. The fraction of sp³-hybridized carbons (Fsp3) is 0.273. The second-order valence-corrected chi connectivity index (χ2v) is 5.83. The summed E-state index contributed by atoms with van der Waals surface area (Å²) in [5, 5.41) is 5.70. The van der Waals surface area contributed by atoms with E-state index in [4.69, 9.17) is 5.73 Å². The maximum atomic E-state index is 10.9. The van der Waals surface area contributed by atoms with Crippen molar-refractivity contribution in [1.82, 2.24) is 9.97 Å². The van der Waals surface area contributed by atoms with Crippen molar-refractivity contribution in [3.05, 3.63) is 16.1 Å². The van der Waals surface area contributed by atoms with Crippen molar-refractivity contribution in [2.24, 2.45) is 5.73 Å². The Hall–Kier alpha value is -1.80. The minimum Gasteiger partial charge on any atom is -0.369 e. The molecule has 0 saturated heterocycles. The van der Waals surface area contributed by atoms with Gasteiger partial charge in [-0.2, -0.15) is 0 Å². The second kappa shape index (κ2) is 5.45. The van der Waals surface area contributed by atoms with Crippen LogP contribution in [0.25, 0.3) is 10.6 Å². The highest BCUT2D eigenvalue weighted by Crippen LogP contribution is 2.32. The molecule has 0 radical (unpaired) electrons. The van der Waals surface area contributed by atoms with Crippen LogP contribution >= 0.6 is 22.7 Å². The Kier molecular flexibility index (Phi) is 3.91. The molecule has 0 aromatic carbocycles. The molecule has 3 N–H and O–H groups in total. The Morgan fingerprint density at radius 2 is 2.16 bits per heavy atom. The summed E-state index contributed by atoms with van der Waals surface area (Å²) in [5.41, 5.74) is 6.70. The fourth-order valence-electron chi connectivity index (χ4n) is 1.50. The predicted octanol–water partition coefficient (Wildman–Crippen LogP) is 1.56. The van der Waals surface area contributed by atoms with E-state index < -0.39 is 5.91 Å². The van der Waals surface area contributed by atoms with Crippen LogP contribution in [0.3, 0.4) is 0 Å². The Labute approximate surface area is 117 Å². The van der Waals surface area contributed by atoms with Crippen molar-refractivity contribution in [3.8, 4) is 10.6 Å². The molecule has 0 aliphatic rings. The number of carbonyl (C=O) groups excluding carboxylic acids is 2. The summed E-state index contributed by atoms with van der Waals surface area (Å²) in [5.74, 6) is -0.561. The Bertz CT molecular complexity index is 632. The molecule has 0 aliphatic carbocycles. The smallest absolute Gasteiger partial charge is 0.224 e. The monoisotopic (exact) mass is 296 g/mol. The topological polar surface area (TPSA) is 98.0 Å². The van der Waals surface area contributed by atoms with Gasteiger partial charge >= 0.3 is 0 Å². The van der Waals surface area contributed by atoms with Crippen LogP contribution in [-0.4, -0.2) is 21.8 Å². The van der Waals surface area contributed by atoms with Crippen molar-refractivity contribution >= 4 is 39.6 Å². The van der Waals surface area contributed by atoms with Gasteiger partial charge in [-0.05, 0) is 6.92 Å². The van der Waals surface area contributed by atoms with Crippen molar-refractivity contribution in [3.63, 3.8) is 0 Å². The van der Waals surface area contributed by atoms with E-state index in [1.54, 1.807) is 0 Å². The number of nitrogens with one attached hydrogen (secondary N) is 1. The number of hydrogen-bond donors (Lipinski definition) is 2. The molecule has 0 bridgehead atoms. The lowest BCUT2D eigenvalue weighted by molar-refractivity contribution is -0.117. The van der Waals surface area contributed by atoms with Gasteiger partial charge in [-0.3, -0.25) is 9.59 Å². The average molecular weight is 296 g/mol. The third-order valence-corrected chi connectivity index (χ3v) is 4.12. The van der Waals surface area contributed by atoms with Gasteiger partial charge in [0.2, 0.25) is 11.8 Å². The Morgan fingerprint density at radius 3 is 2.79 bits per heavy atom. The molecule has 8 heteroatoms. The van der Waals surface area contributed by atoms with Gasteiger partial charge in [0, 0.05) is 12.3 Å². The van der Waals surface area contributed by atoms with E-state index in [0.717, 1.165) is 16.3 Å². The quantitative estimate of drug-likeness (QED) is 0.894. The molecular formula is C11H12N4O2S2. The summed E-state index contributed by atoms with van der Waals surface area (Å²) < 4.78 is 0. The summed E-state index contributed by atoms with van der Waals surface area (Å²) in [6, 6.07) is 0. The number of nitrogens with two attached hydrogens (primary N) is 1. The molecule has 2 heterocycles. The highest BCUT2D eigenvalue weighted by atomic mass is 32.1. The van der Waals surface area contributed by atoms with Crippen LogP contribution in [0.4, 0.5) is 5.13 Å². The molecule has 0 unspecified atom stereocenters. The minimum absolute atomic E-state index is 0.133. The van der Waals surface area contributed by atoms with Crippen molar-refractivity contribution in [1.29, 1.82) is 0 Å². The highest BCUT2D eigenvalue weighted by molar-refractivity contribution is 7.17. The standard InChI is InChI=1S/C11H12N4O2S2/c1-5-10(19-9(13-5)3-8(12)17)7-4-18-11(15-7)14-6(2)16/h4H,3H2,1-2H3,(H2,12,17)(H,14,15,16). The van der Waals surface area contributed by atoms with Crippen LogP contribution in [-0.2, 0) is 16.0 Å². The minimum atomic E-state index is -0.405. The molecule has 100 valence electrons. The summed E-state index contributed by atoms with van der Waals surface area (Å²) >= 11 is 2.74. The largest absolute Gasteiger partial charge is 0.369 e. The third-order valence-electron chi connectivity index (χ3n) is 2.19. The van der Waals surface area contributed by atoms with E-state index in [1.807, 2.05) is 12.3 Å². The zero-order valence-electron chi connectivity index (χ0n) is 10.4. The van der Waals surface area contributed by atoms with Crippen LogP contribution in [0.5, 0.6) is 0 Å². The number of aromatic nitrogens is 2. The third kappa shape index (κ3) is 3.36. The number of anilines is 1. The summed E-state index contributed by atoms with van der Waals surface area (Å²) in [6.07, 6.45) is 0.133. The van der Waals surface area contributed by atoms with Crippen LogP contribution in [0.1, 0.15) is 17.6 Å². The lowest BCUT2D eigenvalue weighted by atomic mass is 10.3. The maximum Gasteiger partial charge on any atom is 0.224 e. The average Bonchev–Trinajstić information content (AvgIpc) is 2.83. The molecule has 0 spiro atoms. The van der Waals surface area contributed by atoms with Crippen molar-refractivity contribution in [2.45, 2.75) is 20.3 Å². The molecule has 2 amide bonds. The number of nitrogens with zero attached hydrogens (tertiary/aromatic N) is 2. The van der Waals surface area contributed by atoms with Gasteiger partial charge in [-0.1, -0.05) is 0 Å². The number of primary amides is 1. The van der Waals surface area contributed by atoms with E-state index in [2.05, 4.69) is 15.3 Å². The second-order valence-electron chi connectivity index (χ2n) is 3.88. The first-order valence-corrected chi connectivity index (χ1v) is 7.13. The van der Waals surface area contributed by atoms with Gasteiger partial charge in [0.1, 0.15) is 5.01 Å². The first-order chi connectivity index (χ1) is 8.95. The molecule has 0 saturated carbocycles. The SMILES string of the molecule is CC(=O)Nc1nc(-c2sc(CC(N)=O)nc2C)cs1. The van der Waals surface area contributed by atoms with E-state index in [-0.39, 0.29) is 12.3 Å². The number of carbonyl (C=O) groups is 2. The van der Waals surface area contributed by atoms with E-state index in [9.17, 15) is 9.59 Å². The molecule has 2 rings (SSSR count). The van der Waals surface area contributed by atoms with E-state index >= 15 is 0 Å². The van der Waals surface area contributed by atoms with Gasteiger partial charge < -0.3 is 11.1 Å². The molecule has 2 aromatic rings. The van der Waals surface area contributed by atoms with Crippen LogP contribution in [0.15, 0.2) is 5.38 Å². The molecule has 0 fully saturated rings. The number of rotatable bonds is 4. The summed E-state index contributed by atoms with van der Waals surface area (Å²) in [4.78, 5) is 31.3. The highest BCUT2D eigenvalue weighted by Gasteiger charge is 2.14. The Balaban J connectivity index is 2.26. The zero-order valence-corrected chi connectivity index (χ0v) is 12.0. The molecule has 6 nitrogen and oxygen atoms in total. The summed E-state index contributed by atoms with van der Waals surface area (Å²) in [7, 11) is 0. The van der Waals surface area contributed by atoms with Gasteiger partial charge in [0.15, 0.2) is 5.13 Å². The number of hydrogen-bond acceptors (Lipinski definition) is 6. The molecular weight excluding hydrogens is 284 g/mol. The number of amides is 2. The van der Waals surface area contributed by atoms with Gasteiger partial charge in [-0.25, -0.2) is 9.97 Å². The first kappa shape index (κ1) is 13.6. The predicted molar refractivity (Wildman–Crippen MR) is 75.2 cm³/mol. The van der Waals surface area contributed by atoms with Crippen molar-refractivity contribution in [2.75, 3.05) is 5.32 Å². The van der Waals surface area contributed by atoms with Crippen LogP contribution < -0.4 is 11.1 Å². The lowest BCUT2D eigenvalue weighted by Gasteiger charge is -1.94. The number of aryl methyl sites for hydroxylation is 1. The molecule has 19 heavy (non-hydrogen) atoms. The van der Waals surface area contributed by atoms with Gasteiger partial charge in [-0.15, -0.1) is 22.7 Å². The van der Waals surface area contributed by atoms with Gasteiger partial charge in [0.05, 0.1) is 22.7 Å². The van der Waals surface area contributed by atoms with Gasteiger partial charge in [0.25, 0.3) is 0 Å². The van der Waals surface area contributed by atoms with Crippen molar-refractivity contribution < 1.29 is 9.59 Å². The van der Waals surface area contributed by atoms with E-state index in [1.165, 1.54) is 29.6 Å². The van der Waals surface area contributed by atoms with E-state index in [0.29, 0.717) is 10.1 Å². The van der Waals surface area contributed by atoms with Crippen LogP contribution in [0.2, 0.25) is 0 Å². The lowest BCUT2D eigenvalue weighted by Crippen LogP contribution is -2.13. The molecule has 2 aromatic heterocycles. The first-order valence-electron chi connectivity index (χ1n) is 5.44. The maximum absolute atomic E-state index is 10.9. The normalized spacial score (nSPS) is 10.4. The zero-order chi connectivity index (χ0) is 14.0. The summed E-state index contributed by atoms with van der Waals surface area (Å²) in [6.45, 7) is 3.29. The fourth-order valence-corrected chi connectivity index (χ4v) is 3.36.